The van der Waals surface area contributed by atoms with Crippen molar-refractivity contribution in [3.63, 3.8) is 0 Å². The van der Waals surface area contributed by atoms with Gasteiger partial charge in [0.15, 0.2) is 0 Å². The van der Waals surface area contributed by atoms with E-state index in [-0.39, 0.29) is 15.6 Å². The maximum absolute atomic E-state index is 11.9. The van der Waals surface area contributed by atoms with E-state index in [4.69, 9.17) is 8.19 Å². The summed E-state index contributed by atoms with van der Waals surface area (Å²) in [5.41, 5.74) is 0.467. The second-order valence-electron chi connectivity index (χ2n) is 4.35. The quantitative estimate of drug-likeness (QED) is 0.408. The molecule has 2 rings (SSSR count). The molecule has 0 aliphatic heterocycles. The van der Waals surface area contributed by atoms with Gasteiger partial charge < -0.3 is 0 Å². The molecule has 22 heavy (non-hydrogen) atoms. The van der Waals surface area contributed by atoms with Crippen LogP contribution in [0.2, 0.25) is 0 Å². The molecule has 9 heteroatoms. The Morgan fingerprint density at radius 1 is 1.05 bits per heavy atom. The molecule has 0 radical (unpaired) electrons. The van der Waals surface area contributed by atoms with Crippen LogP contribution >= 0.6 is 0 Å². The van der Waals surface area contributed by atoms with E-state index >= 15 is 0 Å². The normalized spacial score (nSPS) is 11.0. The zero-order valence-electron chi connectivity index (χ0n) is 11.0. The van der Waals surface area contributed by atoms with Gasteiger partial charge >= 0.3 is 127 Å². The van der Waals surface area contributed by atoms with E-state index in [2.05, 4.69) is 5.32 Å². The summed E-state index contributed by atoms with van der Waals surface area (Å²) >= 11 is -4.94. The molecule has 0 spiro atoms. The molecule has 0 bridgehead atoms. The van der Waals surface area contributed by atoms with Gasteiger partial charge in [-0.05, 0) is 0 Å². The Morgan fingerprint density at radius 2 is 1.59 bits per heavy atom. The molecule has 0 aliphatic carbocycles. The number of hydrogen-bond acceptors (Lipinski definition) is 4. The Hall–Kier alpha value is -2.41. The Labute approximate surface area is 127 Å². The van der Waals surface area contributed by atoms with Crippen LogP contribution in [-0.4, -0.2) is 33.2 Å². The molecule has 0 aliphatic rings. The van der Waals surface area contributed by atoms with Gasteiger partial charge in [-0.2, -0.15) is 0 Å². The molecule has 0 fully saturated rings. The fourth-order valence-electron chi connectivity index (χ4n) is 1.68. The van der Waals surface area contributed by atoms with E-state index in [0.717, 1.165) is 0 Å². The SMILES string of the molecule is O=C(Nc1ccc([As](=O)(O)O)cc1)c1ccc([N+](=O)[O-])cc1. The van der Waals surface area contributed by atoms with Crippen molar-refractivity contribution in [2.75, 3.05) is 5.32 Å². The molecule has 0 saturated heterocycles. The Morgan fingerprint density at radius 3 is 2.05 bits per heavy atom. The number of carbonyl (C=O) groups excluding carboxylic acids is 1. The van der Waals surface area contributed by atoms with Crippen LogP contribution in [0.25, 0.3) is 0 Å². The number of rotatable bonds is 4. The maximum atomic E-state index is 11.9. The second kappa shape index (κ2) is 6.15. The molecule has 3 N–H and O–H groups in total. The fourth-order valence-corrected chi connectivity index (χ4v) is 2.80. The van der Waals surface area contributed by atoms with Crippen LogP contribution < -0.4 is 9.67 Å². The van der Waals surface area contributed by atoms with E-state index in [9.17, 15) is 18.6 Å². The van der Waals surface area contributed by atoms with E-state index < -0.39 is 25.0 Å². The van der Waals surface area contributed by atoms with Crippen molar-refractivity contribution in [3.8, 4) is 0 Å². The summed E-state index contributed by atoms with van der Waals surface area (Å²) in [6.07, 6.45) is 0. The third-order valence-electron chi connectivity index (χ3n) is 2.80. The van der Waals surface area contributed by atoms with Crippen LogP contribution in [0.4, 0.5) is 11.4 Å². The van der Waals surface area contributed by atoms with Gasteiger partial charge in [0, 0.05) is 0 Å². The second-order valence-corrected chi connectivity index (χ2v) is 7.72. The third-order valence-corrected chi connectivity index (χ3v) is 4.84. The molecule has 0 heterocycles. The van der Waals surface area contributed by atoms with Gasteiger partial charge in [-0.1, -0.05) is 0 Å². The van der Waals surface area contributed by atoms with E-state index in [1.165, 1.54) is 48.5 Å². The molecule has 1 amide bonds. The minimum absolute atomic E-state index is 0.0912. The minimum atomic E-state index is -4.94. The van der Waals surface area contributed by atoms with Crippen LogP contribution in [0.1, 0.15) is 10.4 Å². The molecule has 114 valence electrons. The zero-order valence-corrected chi connectivity index (χ0v) is 12.9. The molecule has 0 aromatic heterocycles. The number of benzene rings is 2. The van der Waals surface area contributed by atoms with Gasteiger partial charge in [0.2, 0.25) is 0 Å². The Bertz CT molecular complexity index is 751. The molecule has 0 unspecified atom stereocenters. The van der Waals surface area contributed by atoms with Crippen molar-refractivity contribution in [2.45, 2.75) is 0 Å². The number of carbonyl (C=O) groups is 1. The standard InChI is InChI=1S/C13H11AsN2O6/c17-13(9-1-7-12(8-2-9)16(21)22)15-11-5-3-10(4-6-11)14(18,19)20/h1-8H,(H,15,17)(H2,18,19,20). The molecular formula is C13H11AsN2O6. The average molecular weight is 366 g/mol. The number of nitro groups is 1. The molecule has 2 aromatic carbocycles. The van der Waals surface area contributed by atoms with Crippen LogP contribution in [0.15, 0.2) is 48.5 Å². The first-order valence-corrected chi connectivity index (χ1v) is 9.37. The van der Waals surface area contributed by atoms with Crippen molar-refractivity contribution < 1.29 is 21.6 Å². The van der Waals surface area contributed by atoms with Gasteiger partial charge in [0.05, 0.1) is 0 Å². The summed E-state index contributed by atoms with van der Waals surface area (Å²) in [7, 11) is 0. The number of non-ortho nitro benzene ring substituents is 1. The average Bonchev–Trinajstić information content (AvgIpc) is 2.47. The summed E-state index contributed by atoms with van der Waals surface area (Å²) in [6.45, 7) is 0. The summed E-state index contributed by atoms with van der Waals surface area (Å²) in [6, 6.07) is 10.3. The van der Waals surface area contributed by atoms with E-state index in [1.54, 1.807) is 0 Å². The first-order chi connectivity index (χ1) is 10.3. The van der Waals surface area contributed by atoms with Crippen LogP contribution in [0, 0.1) is 10.1 Å². The molecule has 8 nitrogen and oxygen atoms in total. The number of nitrogens with one attached hydrogen (secondary N) is 1. The first-order valence-electron chi connectivity index (χ1n) is 5.99. The van der Waals surface area contributed by atoms with Crippen molar-refractivity contribution in [3.05, 3.63) is 64.2 Å². The Balaban J connectivity index is 2.11. The Kier molecular flexibility index (Phi) is 4.46. The molecule has 0 atom stereocenters. The van der Waals surface area contributed by atoms with E-state index in [0.29, 0.717) is 5.69 Å². The monoisotopic (exact) mass is 366 g/mol. The number of hydrogen-bond donors (Lipinski definition) is 3. The van der Waals surface area contributed by atoms with Crippen molar-refractivity contribution in [1.82, 2.24) is 0 Å². The first kappa shape index (κ1) is 16.0. The summed E-state index contributed by atoms with van der Waals surface area (Å²) in [5.74, 6) is -0.482. The number of amides is 1. The molecular weight excluding hydrogens is 355 g/mol. The van der Waals surface area contributed by atoms with Gasteiger partial charge in [-0.3, -0.25) is 0 Å². The summed E-state index contributed by atoms with van der Waals surface area (Å²) < 4.78 is 29.1. The van der Waals surface area contributed by atoms with Crippen LogP contribution in [-0.2, 0) is 3.74 Å². The summed E-state index contributed by atoms with van der Waals surface area (Å²) in [5, 5.41) is 13.1. The number of anilines is 1. The van der Waals surface area contributed by atoms with Crippen molar-refractivity contribution in [1.29, 1.82) is 0 Å². The number of nitrogens with zero attached hydrogens (tertiary/aromatic N) is 1. The van der Waals surface area contributed by atoms with Crippen molar-refractivity contribution >= 4 is 35.8 Å². The molecule has 2 aromatic rings. The summed E-state index contributed by atoms with van der Waals surface area (Å²) in [4.78, 5) is 21.9. The van der Waals surface area contributed by atoms with Gasteiger partial charge in [-0.25, -0.2) is 0 Å². The topological polar surface area (TPSA) is 130 Å². The van der Waals surface area contributed by atoms with Gasteiger partial charge in [0.1, 0.15) is 0 Å². The molecule has 0 saturated carbocycles. The van der Waals surface area contributed by atoms with Gasteiger partial charge in [-0.15, -0.1) is 0 Å². The van der Waals surface area contributed by atoms with Crippen LogP contribution in [0.3, 0.4) is 0 Å². The van der Waals surface area contributed by atoms with Gasteiger partial charge in [0.25, 0.3) is 0 Å². The van der Waals surface area contributed by atoms with E-state index in [1.807, 2.05) is 0 Å². The zero-order chi connectivity index (χ0) is 16.3. The third kappa shape index (κ3) is 3.82. The fraction of sp³-hybridized carbons (Fsp3) is 0. The van der Waals surface area contributed by atoms with Crippen LogP contribution in [0.5, 0.6) is 0 Å². The predicted octanol–water partition coefficient (Wildman–Crippen LogP) is 0.408. The predicted molar refractivity (Wildman–Crippen MR) is 78.0 cm³/mol. The number of nitro benzene ring substituents is 1. The van der Waals surface area contributed by atoms with Crippen molar-refractivity contribution in [2.24, 2.45) is 0 Å².